The zero-order chi connectivity index (χ0) is 30.2. The molecule has 0 aliphatic carbocycles. The van der Waals surface area contributed by atoms with E-state index in [1.165, 1.54) is 18.3 Å². The lowest BCUT2D eigenvalue weighted by atomic mass is 9.97. The first-order valence-corrected chi connectivity index (χ1v) is 13.3. The zero-order valence-electron chi connectivity index (χ0n) is 23.3. The van der Waals surface area contributed by atoms with Gasteiger partial charge in [-0.05, 0) is 53.1 Å². The number of benzene rings is 2. The van der Waals surface area contributed by atoms with E-state index in [0.717, 1.165) is 12.1 Å². The number of aromatic hydroxyl groups is 1. The number of ether oxygens (including phenoxy) is 5. The zero-order valence-corrected chi connectivity index (χ0v) is 23.3. The molecular formula is C30H35F3N2O7. The summed E-state index contributed by atoms with van der Waals surface area (Å²) in [5, 5.41) is 13.2. The predicted molar refractivity (Wildman–Crippen MR) is 149 cm³/mol. The number of halogens is 3. The molecule has 0 bridgehead atoms. The summed E-state index contributed by atoms with van der Waals surface area (Å²) < 4.78 is 65.9. The Morgan fingerprint density at radius 3 is 2.24 bits per heavy atom. The molecule has 1 aromatic heterocycles. The minimum atomic E-state index is -4.46. The van der Waals surface area contributed by atoms with Crippen LogP contribution < -0.4 is 5.32 Å². The van der Waals surface area contributed by atoms with Crippen molar-refractivity contribution in [2.45, 2.75) is 12.8 Å². The third-order valence-electron chi connectivity index (χ3n) is 5.87. The normalized spacial score (nSPS) is 11.5. The van der Waals surface area contributed by atoms with Gasteiger partial charge in [0.2, 0.25) is 5.91 Å². The molecule has 9 nitrogen and oxygen atoms in total. The number of carbonyl (C=O) groups is 1. The fraction of sp³-hybridized carbons (Fsp3) is 0.400. The van der Waals surface area contributed by atoms with E-state index >= 15 is 0 Å². The molecule has 0 unspecified atom stereocenters. The number of phenolic OH excluding ortho intramolecular Hbond substituents is 1. The van der Waals surface area contributed by atoms with Crippen molar-refractivity contribution >= 4 is 5.91 Å². The second-order valence-electron chi connectivity index (χ2n) is 9.02. The van der Waals surface area contributed by atoms with Crippen LogP contribution in [0.4, 0.5) is 13.2 Å². The molecule has 3 rings (SSSR count). The lowest BCUT2D eigenvalue weighted by Gasteiger charge is -2.12. The Morgan fingerprint density at radius 1 is 0.833 bits per heavy atom. The summed E-state index contributed by atoms with van der Waals surface area (Å²) in [5.74, 6) is -0.352. The van der Waals surface area contributed by atoms with Gasteiger partial charge in [0.1, 0.15) is 12.4 Å². The van der Waals surface area contributed by atoms with Crippen molar-refractivity contribution in [2.75, 3.05) is 66.5 Å². The third kappa shape index (κ3) is 11.4. The molecular weight excluding hydrogens is 557 g/mol. The van der Waals surface area contributed by atoms with Crippen LogP contribution in [0.25, 0.3) is 22.3 Å². The largest absolute Gasteiger partial charge is 0.507 e. The Kier molecular flexibility index (Phi) is 13.7. The second-order valence-corrected chi connectivity index (χ2v) is 9.02. The Morgan fingerprint density at radius 2 is 1.52 bits per heavy atom. The van der Waals surface area contributed by atoms with Crippen LogP contribution in [-0.4, -0.2) is 82.5 Å². The van der Waals surface area contributed by atoms with Crippen molar-refractivity contribution in [2.24, 2.45) is 0 Å². The van der Waals surface area contributed by atoms with Gasteiger partial charge in [-0.3, -0.25) is 9.78 Å². The second kappa shape index (κ2) is 17.4. The summed E-state index contributed by atoms with van der Waals surface area (Å²) in [6.07, 6.45) is -2.93. The smallest absolute Gasteiger partial charge is 0.416 e. The third-order valence-corrected chi connectivity index (χ3v) is 5.87. The van der Waals surface area contributed by atoms with Gasteiger partial charge >= 0.3 is 6.18 Å². The first-order valence-electron chi connectivity index (χ1n) is 13.3. The van der Waals surface area contributed by atoms with E-state index in [-0.39, 0.29) is 24.9 Å². The fourth-order valence-corrected chi connectivity index (χ4v) is 3.79. The lowest BCUT2D eigenvalue weighted by molar-refractivity contribution is -0.137. The van der Waals surface area contributed by atoms with Gasteiger partial charge in [0.05, 0.1) is 64.1 Å². The van der Waals surface area contributed by atoms with Gasteiger partial charge in [0, 0.05) is 25.4 Å². The highest BCUT2D eigenvalue weighted by molar-refractivity contribution is 5.78. The van der Waals surface area contributed by atoms with E-state index in [0.29, 0.717) is 80.7 Å². The number of hydrogen-bond acceptors (Lipinski definition) is 8. The van der Waals surface area contributed by atoms with Crippen LogP contribution in [0.15, 0.2) is 60.8 Å². The van der Waals surface area contributed by atoms with Crippen LogP contribution in [0.1, 0.15) is 11.3 Å². The fourth-order valence-electron chi connectivity index (χ4n) is 3.79. The average Bonchev–Trinajstić information content (AvgIpc) is 2.98. The summed E-state index contributed by atoms with van der Waals surface area (Å²) in [6.45, 7) is 3.33. The first-order chi connectivity index (χ1) is 20.3. The van der Waals surface area contributed by atoms with E-state index in [1.54, 1.807) is 37.4 Å². The highest BCUT2D eigenvalue weighted by Gasteiger charge is 2.30. The molecule has 3 aromatic rings. The number of rotatable bonds is 18. The molecule has 0 radical (unpaired) electrons. The Hall–Kier alpha value is -3.55. The van der Waals surface area contributed by atoms with E-state index in [4.69, 9.17) is 23.7 Å². The molecule has 228 valence electrons. The highest BCUT2D eigenvalue weighted by Crippen LogP contribution is 2.36. The van der Waals surface area contributed by atoms with Crippen molar-refractivity contribution in [3.05, 3.63) is 72.1 Å². The number of aromatic nitrogens is 1. The summed E-state index contributed by atoms with van der Waals surface area (Å²) in [4.78, 5) is 16.3. The maximum atomic E-state index is 13.2. The molecule has 0 fully saturated rings. The number of alkyl halides is 3. The molecule has 2 N–H and O–H groups in total. The van der Waals surface area contributed by atoms with Gasteiger partial charge in [0.25, 0.3) is 0 Å². The van der Waals surface area contributed by atoms with Gasteiger partial charge < -0.3 is 34.1 Å². The monoisotopic (exact) mass is 592 g/mol. The highest BCUT2D eigenvalue weighted by atomic mass is 19.4. The van der Waals surface area contributed by atoms with Gasteiger partial charge in [-0.2, -0.15) is 13.2 Å². The van der Waals surface area contributed by atoms with Crippen LogP contribution in [-0.2, 0) is 41.3 Å². The molecule has 2 aromatic carbocycles. The van der Waals surface area contributed by atoms with Gasteiger partial charge in [-0.15, -0.1) is 0 Å². The molecule has 1 heterocycles. The summed E-state index contributed by atoms with van der Waals surface area (Å²) >= 11 is 0. The maximum Gasteiger partial charge on any atom is 0.416 e. The molecule has 0 saturated heterocycles. The number of pyridine rings is 1. The van der Waals surface area contributed by atoms with Crippen LogP contribution >= 0.6 is 0 Å². The Balaban J connectivity index is 1.41. The van der Waals surface area contributed by atoms with Crippen LogP contribution in [0, 0.1) is 0 Å². The molecule has 12 heteroatoms. The van der Waals surface area contributed by atoms with Crippen molar-refractivity contribution in [3.8, 4) is 28.0 Å². The molecule has 1 amide bonds. The molecule has 0 aliphatic rings. The van der Waals surface area contributed by atoms with E-state index < -0.39 is 11.7 Å². The molecule has 0 spiro atoms. The van der Waals surface area contributed by atoms with Crippen LogP contribution in [0.2, 0.25) is 0 Å². The van der Waals surface area contributed by atoms with Crippen molar-refractivity contribution in [1.29, 1.82) is 0 Å². The minimum absolute atomic E-state index is 0.0380. The Labute approximate surface area is 242 Å². The Bertz CT molecular complexity index is 1260. The SMILES string of the molecule is COCCOCCOCCOCCNC(=O)COCc1cc(-c2cc(-c3cccc(C(F)(F)F)c3)ccc2O)ccn1. The minimum Gasteiger partial charge on any atom is -0.507 e. The first kappa shape index (κ1) is 33.0. The molecule has 0 saturated carbocycles. The van der Waals surface area contributed by atoms with Crippen molar-refractivity contribution in [1.82, 2.24) is 10.3 Å². The molecule has 42 heavy (non-hydrogen) atoms. The average molecular weight is 593 g/mol. The number of methoxy groups -OCH3 is 1. The molecule has 0 aliphatic heterocycles. The summed E-state index contributed by atoms with van der Waals surface area (Å²) in [6, 6.07) is 13.0. The van der Waals surface area contributed by atoms with Crippen LogP contribution in [0.3, 0.4) is 0 Å². The van der Waals surface area contributed by atoms with Gasteiger partial charge in [0.15, 0.2) is 0 Å². The maximum absolute atomic E-state index is 13.2. The number of phenols is 1. The van der Waals surface area contributed by atoms with Gasteiger partial charge in [-0.25, -0.2) is 0 Å². The quantitative estimate of drug-likeness (QED) is 0.209. The van der Waals surface area contributed by atoms with Gasteiger partial charge in [-0.1, -0.05) is 18.2 Å². The van der Waals surface area contributed by atoms with E-state index in [9.17, 15) is 23.1 Å². The lowest BCUT2D eigenvalue weighted by Crippen LogP contribution is -2.31. The van der Waals surface area contributed by atoms with E-state index in [2.05, 4.69) is 10.3 Å². The van der Waals surface area contributed by atoms with Crippen LogP contribution in [0.5, 0.6) is 5.75 Å². The summed E-state index contributed by atoms with van der Waals surface area (Å²) in [7, 11) is 1.61. The predicted octanol–water partition coefficient (Wildman–Crippen LogP) is 4.47. The number of amides is 1. The summed E-state index contributed by atoms with van der Waals surface area (Å²) in [5.41, 5.74) is 1.66. The number of hydrogen-bond donors (Lipinski definition) is 2. The van der Waals surface area contributed by atoms with Crippen molar-refractivity contribution in [3.63, 3.8) is 0 Å². The van der Waals surface area contributed by atoms with E-state index in [1.807, 2.05) is 0 Å². The standard InChI is InChI=1S/C30H35F3N2O7/c1-38-11-12-40-15-16-41-14-13-39-10-9-35-29(37)21-42-20-26-18-24(7-8-34-26)27-19-23(5-6-28(27)36)22-3-2-4-25(17-22)30(31,32)33/h2-8,17-19,36H,9-16,20-21H2,1H3,(H,35,37). The topological polar surface area (TPSA) is 108 Å². The molecule has 0 atom stereocenters. The number of carbonyl (C=O) groups excluding carboxylic acids is 1. The number of nitrogens with one attached hydrogen (secondary N) is 1. The van der Waals surface area contributed by atoms with Crippen molar-refractivity contribution < 1.29 is 46.8 Å². The number of nitrogens with zero attached hydrogens (tertiary/aromatic N) is 1.